The normalized spacial score (nSPS) is 10.4. The number of aromatic nitrogens is 2. The van der Waals surface area contributed by atoms with Crippen LogP contribution in [-0.2, 0) is 6.42 Å². The van der Waals surface area contributed by atoms with Gasteiger partial charge in [0.15, 0.2) is 0 Å². The molecule has 2 heterocycles. The number of non-ortho nitro benzene ring substituents is 1. The topological polar surface area (TPSA) is 98.0 Å². The SMILES string of the molecule is O=C(Nc1nnc(Cc2ccc([N+](=O)[O-])cc2)s1)c1cccs1. The van der Waals surface area contributed by atoms with Crippen LogP contribution in [0.3, 0.4) is 0 Å². The molecule has 0 bridgehead atoms. The molecule has 3 rings (SSSR count). The minimum atomic E-state index is -0.438. The third-order valence-corrected chi connectivity index (χ3v) is 4.64. The number of benzene rings is 1. The van der Waals surface area contributed by atoms with E-state index in [1.54, 1.807) is 24.3 Å². The zero-order chi connectivity index (χ0) is 16.2. The number of amides is 1. The lowest BCUT2D eigenvalue weighted by Crippen LogP contribution is -2.09. The minimum Gasteiger partial charge on any atom is -0.296 e. The number of anilines is 1. The summed E-state index contributed by atoms with van der Waals surface area (Å²) in [7, 11) is 0. The first kappa shape index (κ1) is 15.3. The summed E-state index contributed by atoms with van der Waals surface area (Å²) in [4.78, 5) is 22.7. The molecule has 0 aliphatic carbocycles. The molecular formula is C14H10N4O3S2. The molecule has 0 fully saturated rings. The van der Waals surface area contributed by atoms with Crippen LogP contribution in [0.25, 0.3) is 0 Å². The molecule has 116 valence electrons. The van der Waals surface area contributed by atoms with Crippen molar-refractivity contribution >= 4 is 39.4 Å². The quantitative estimate of drug-likeness (QED) is 0.564. The van der Waals surface area contributed by atoms with Gasteiger partial charge in [0.25, 0.3) is 11.6 Å². The number of carbonyl (C=O) groups is 1. The van der Waals surface area contributed by atoms with E-state index in [9.17, 15) is 14.9 Å². The van der Waals surface area contributed by atoms with Gasteiger partial charge in [0.2, 0.25) is 5.13 Å². The van der Waals surface area contributed by atoms with E-state index in [0.717, 1.165) is 10.6 Å². The molecule has 1 amide bonds. The van der Waals surface area contributed by atoms with Gasteiger partial charge in [-0.25, -0.2) is 0 Å². The Labute approximate surface area is 138 Å². The molecule has 1 aromatic carbocycles. The van der Waals surface area contributed by atoms with E-state index in [0.29, 0.717) is 16.4 Å². The molecule has 0 aliphatic rings. The molecule has 0 aliphatic heterocycles. The maximum Gasteiger partial charge on any atom is 0.269 e. The average Bonchev–Trinajstić information content (AvgIpc) is 3.19. The summed E-state index contributed by atoms with van der Waals surface area (Å²) < 4.78 is 0. The Morgan fingerprint density at radius 2 is 2.00 bits per heavy atom. The molecule has 2 aromatic heterocycles. The zero-order valence-electron chi connectivity index (χ0n) is 11.6. The Morgan fingerprint density at radius 3 is 2.65 bits per heavy atom. The second-order valence-electron chi connectivity index (χ2n) is 4.53. The summed E-state index contributed by atoms with van der Waals surface area (Å²) in [6.07, 6.45) is 0.504. The summed E-state index contributed by atoms with van der Waals surface area (Å²) in [6.45, 7) is 0. The second kappa shape index (κ2) is 6.63. The lowest BCUT2D eigenvalue weighted by Gasteiger charge is -1.97. The summed E-state index contributed by atoms with van der Waals surface area (Å²) in [5.41, 5.74) is 0.942. The van der Waals surface area contributed by atoms with Crippen molar-refractivity contribution in [1.29, 1.82) is 0 Å². The first-order chi connectivity index (χ1) is 11.1. The summed E-state index contributed by atoms with van der Waals surface area (Å²) in [5.74, 6) is -0.210. The summed E-state index contributed by atoms with van der Waals surface area (Å²) in [6, 6.07) is 9.82. The Hall–Kier alpha value is -2.65. The second-order valence-corrected chi connectivity index (χ2v) is 6.54. The third-order valence-electron chi connectivity index (χ3n) is 2.93. The van der Waals surface area contributed by atoms with Crippen LogP contribution >= 0.6 is 22.7 Å². The van der Waals surface area contributed by atoms with Gasteiger partial charge in [0.05, 0.1) is 9.80 Å². The minimum absolute atomic E-state index is 0.0508. The van der Waals surface area contributed by atoms with E-state index >= 15 is 0 Å². The fourth-order valence-electron chi connectivity index (χ4n) is 1.85. The van der Waals surface area contributed by atoms with Gasteiger partial charge in [-0.05, 0) is 17.0 Å². The van der Waals surface area contributed by atoms with E-state index in [1.807, 2.05) is 5.38 Å². The highest BCUT2D eigenvalue weighted by Crippen LogP contribution is 2.21. The maximum absolute atomic E-state index is 11.9. The van der Waals surface area contributed by atoms with Crippen LogP contribution in [0.2, 0.25) is 0 Å². The number of nitrogens with one attached hydrogen (secondary N) is 1. The molecular weight excluding hydrogens is 336 g/mol. The van der Waals surface area contributed by atoms with Crippen LogP contribution in [0.15, 0.2) is 41.8 Å². The molecule has 0 saturated carbocycles. The fraction of sp³-hybridized carbons (Fsp3) is 0.0714. The van der Waals surface area contributed by atoms with Crippen LogP contribution in [0.1, 0.15) is 20.2 Å². The van der Waals surface area contributed by atoms with Gasteiger partial charge in [-0.3, -0.25) is 20.2 Å². The molecule has 0 unspecified atom stereocenters. The predicted octanol–water partition coefficient (Wildman–Crippen LogP) is 3.35. The van der Waals surface area contributed by atoms with E-state index in [1.165, 1.54) is 34.8 Å². The Bertz CT molecular complexity index is 828. The maximum atomic E-state index is 11.9. The number of nitro groups is 1. The van der Waals surface area contributed by atoms with Crippen molar-refractivity contribution < 1.29 is 9.72 Å². The monoisotopic (exact) mass is 346 g/mol. The van der Waals surface area contributed by atoms with Crippen LogP contribution in [0.4, 0.5) is 10.8 Å². The van der Waals surface area contributed by atoms with Crippen molar-refractivity contribution in [3.05, 3.63) is 67.3 Å². The van der Waals surface area contributed by atoms with Crippen molar-refractivity contribution in [1.82, 2.24) is 10.2 Å². The number of nitrogens with zero attached hydrogens (tertiary/aromatic N) is 3. The van der Waals surface area contributed by atoms with Gasteiger partial charge in [0, 0.05) is 18.6 Å². The van der Waals surface area contributed by atoms with Gasteiger partial charge >= 0.3 is 0 Å². The van der Waals surface area contributed by atoms with Gasteiger partial charge in [-0.1, -0.05) is 29.5 Å². The van der Waals surface area contributed by atoms with Crippen molar-refractivity contribution in [2.45, 2.75) is 6.42 Å². The first-order valence-electron chi connectivity index (χ1n) is 6.52. The summed E-state index contributed by atoms with van der Waals surface area (Å²) in [5, 5.41) is 24.3. The van der Waals surface area contributed by atoms with Crippen molar-refractivity contribution in [3.63, 3.8) is 0 Å². The van der Waals surface area contributed by atoms with Gasteiger partial charge in [-0.15, -0.1) is 21.5 Å². The summed E-state index contributed by atoms with van der Waals surface area (Å²) >= 11 is 2.63. The van der Waals surface area contributed by atoms with Gasteiger partial charge < -0.3 is 0 Å². The number of hydrogen-bond donors (Lipinski definition) is 1. The number of nitro benzene ring substituents is 1. The highest BCUT2D eigenvalue weighted by atomic mass is 32.1. The zero-order valence-corrected chi connectivity index (χ0v) is 13.3. The van der Waals surface area contributed by atoms with Gasteiger partial charge in [-0.2, -0.15) is 0 Å². The molecule has 0 atom stereocenters. The number of carbonyl (C=O) groups excluding carboxylic acids is 1. The molecule has 0 saturated heterocycles. The molecule has 7 nitrogen and oxygen atoms in total. The molecule has 0 spiro atoms. The first-order valence-corrected chi connectivity index (χ1v) is 8.22. The molecule has 3 aromatic rings. The lowest BCUT2D eigenvalue weighted by atomic mass is 10.1. The van der Waals surface area contributed by atoms with Crippen molar-refractivity contribution in [2.75, 3.05) is 5.32 Å². The third kappa shape index (κ3) is 3.76. The Kier molecular flexibility index (Phi) is 4.40. The van der Waals surface area contributed by atoms with Crippen LogP contribution in [-0.4, -0.2) is 21.0 Å². The van der Waals surface area contributed by atoms with Gasteiger partial charge in [0.1, 0.15) is 5.01 Å². The number of hydrogen-bond acceptors (Lipinski definition) is 7. The van der Waals surface area contributed by atoms with E-state index < -0.39 is 4.92 Å². The highest BCUT2D eigenvalue weighted by molar-refractivity contribution is 7.15. The molecule has 0 radical (unpaired) electrons. The van der Waals surface area contributed by atoms with Crippen LogP contribution in [0.5, 0.6) is 0 Å². The molecule has 1 N–H and O–H groups in total. The van der Waals surface area contributed by atoms with Crippen molar-refractivity contribution in [3.8, 4) is 0 Å². The largest absolute Gasteiger partial charge is 0.296 e. The van der Waals surface area contributed by atoms with Crippen molar-refractivity contribution in [2.24, 2.45) is 0 Å². The smallest absolute Gasteiger partial charge is 0.269 e. The molecule has 23 heavy (non-hydrogen) atoms. The van der Waals surface area contributed by atoms with Crippen LogP contribution in [0, 0.1) is 10.1 Å². The number of rotatable bonds is 5. The van der Waals surface area contributed by atoms with E-state index in [4.69, 9.17) is 0 Å². The average molecular weight is 346 g/mol. The fourth-order valence-corrected chi connectivity index (χ4v) is 3.24. The van der Waals surface area contributed by atoms with E-state index in [2.05, 4.69) is 15.5 Å². The lowest BCUT2D eigenvalue weighted by molar-refractivity contribution is -0.384. The number of thiophene rings is 1. The molecule has 9 heteroatoms. The Morgan fingerprint density at radius 1 is 1.22 bits per heavy atom. The predicted molar refractivity (Wildman–Crippen MR) is 88.1 cm³/mol. The standard InChI is InChI=1S/C14H10N4O3S2/c19-13(11-2-1-7-22-11)15-14-17-16-12(23-14)8-9-3-5-10(6-4-9)18(20)21/h1-7H,8H2,(H,15,17,19). The highest BCUT2D eigenvalue weighted by Gasteiger charge is 2.12. The van der Waals surface area contributed by atoms with E-state index in [-0.39, 0.29) is 11.6 Å². The Balaban J connectivity index is 1.65. The van der Waals surface area contributed by atoms with Crippen LogP contribution < -0.4 is 5.32 Å².